The van der Waals surface area contributed by atoms with Gasteiger partial charge in [0.15, 0.2) is 11.5 Å². The molecule has 0 fully saturated rings. The van der Waals surface area contributed by atoms with Crippen molar-refractivity contribution in [1.82, 2.24) is 20.3 Å². The lowest BCUT2D eigenvalue weighted by Crippen LogP contribution is -2.45. The molecule has 0 bridgehead atoms. The number of nitrogens with one attached hydrogen (secondary N) is 1. The average Bonchev–Trinajstić information content (AvgIpc) is 3.63. The minimum Gasteiger partial charge on any atom is -0.454 e. The first-order chi connectivity index (χ1) is 17.5. The van der Waals surface area contributed by atoms with Crippen LogP contribution < -0.4 is 19.7 Å². The molecule has 5 rings (SSSR count). The normalized spacial score (nSPS) is 13.2. The third-order valence-corrected chi connectivity index (χ3v) is 6.87. The first kappa shape index (κ1) is 23.8. The third kappa shape index (κ3) is 4.90. The highest BCUT2D eigenvalue weighted by molar-refractivity contribution is 7.10. The number of para-hydroxylation sites is 1. The van der Waals surface area contributed by atoms with Gasteiger partial charge in [0.05, 0.1) is 5.52 Å². The van der Waals surface area contributed by atoms with E-state index in [1.807, 2.05) is 41.8 Å². The Kier molecular flexibility index (Phi) is 6.86. The maximum absolute atomic E-state index is 14.0. The third-order valence-electron chi connectivity index (χ3n) is 5.95. The van der Waals surface area contributed by atoms with Crippen LogP contribution in [0, 0.1) is 5.92 Å². The second-order valence-corrected chi connectivity index (χ2v) is 9.91. The van der Waals surface area contributed by atoms with Gasteiger partial charge in [-0.1, -0.05) is 37.3 Å². The van der Waals surface area contributed by atoms with Crippen molar-refractivity contribution in [3.8, 4) is 11.5 Å². The topological polar surface area (TPSA) is 98.6 Å². The molecule has 36 heavy (non-hydrogen) atoms. The molecule has 2 amide bonds. The Bertz CT molecular complexity index is 1370. The Labute approximate surface area is 212 Å². The van der Waals surface area contributed by atoms with E-state index >= 15 is 0 Å². The summed E-state index contributed by atoms with van der Waals surface area (Å²) in [5, 5.41) is 13.3. The number of nitrogens with zero attached hydrogens (tertiary/aromatic N) is 4. The lowest BCUT2D eigenvalue weighted by atomic mass is 10.1. The van der Waals surface area contributed by atoms with Crippen LogP contribution in [0.25, 0.3) is 11.0 Å². The van der Waals surface area contributed by atoms with Gasteiger partial charge in [0.25, 0.3) is 0 Å². The molecule has 0 spiro atoms. The van der Waals surface area contributed by atoms with Gasteiger partial charge in [0.2, 0.25) is 18.6 Å². The fourth-order valence-corrected chi connectivity index (χ4v) is 4.92. The van der Waals surface area contributed by atoms with Gasteiger partial charge in [-0.25, -0.2) is 4.68 Å². The monoisotopic (exact) mass is 505 g/mol. The zero-order valence-corrected chi connectivity index (χ0v) is 20.9. The van der Waals surface area contributed by atoms with Gasteiger partial charge in [-0.3, -0.25) is 14.5 Å². The van der Waals surface area contributed by atoms with E-state index in [1.54, 1.807) is 22.9 Å². The molecule has 1 aliphatic rings. The molecule has 186 valence electrons. The highest BCUT2D eigenvalue weighted by Crippen LogP contribution is 2.39. The van der Waals surface area contributed by atoms with Gasteiger partial charge >= 0.3 is 0 Å². The molecule has 2 aromatic carbocycles. The number of rotatable bonds is 9. The number of carbonyl (C=O) groups excluding carboxylic acids is 2. The summed E-state index contributed by atoms with van der Waals surface area (Å²) in [4.78, 5) is 29.8. The molecule has 9 nitrogen and oxygen atoms in total. The summed E-state index contributed by atoms with van der Waals surface area (Å²) in [7, 11) is 0. The minimum absolute atomic E-state index is 0.0872. The highest BCUT2D eigenvalue weighted by atomic mass is 32.1. The van der Waals surface area contributed by atoms with E-state index in [1.165, 1.54) is 16.2 Å². The van der Waals surface area contributed by atoms with Crippen LogP contribution in [0.3, 0.4) is 0 Å². The summed E-state index contributed by atoms with van der Waals surface area (Å²) in [6.45, 7) is 4.76. The van der Waals surface area contributed by atoms with Crippen molar-refractivity contribution in [3.05, 3.63) is 64.9 Å². The van der Waals surface area contributed by atoms with Gasteiger partial charge in [0.1, 0.15) is 18.1 Å². The molecule has 0 saturated carbocycles. The molecule has 3 heterocycles. The van der Waals surface area contributed by atoms with Crippen molar-refractivity contribution >= 4 is 39.9 Å². The van der Waals surface area contributed by atoms with Gasteiger partial charge < -0.3 is 14.8 Å². The Morgan fingerprint density at radius 2 is 1.94 bits per heavy atom. The van der Waals surface area contributed by atoms with Crippen LogP contribution in [0.2, 0.25) is 0 Å². The molecule has 1 atom stereocenters. The van der Waals surface area contributed by atoms with E-state index in [4.69, 9.17) is 9.47 Å². The van der Waals surface area contributed by atoms with E-state index in [0.29, 0.717) is 35.2 Å². The fraction of sp³-hybridized carbons (Fsp3) is 0.308. The van der Waals surface area contributed by atoms with Crippen LogP contribution in [0.1, 0.15) is 31.2 Å². The molecular weight excluding hydrogens is 478 g/mol. The fourth-order valence-electron chi connectivity index (χ4n) is 4.11. The summed E-state index contributed by atoms with van der Waals surface area (Å²) >= 11 is 1.43. The first-order valence-corrected chi connectivity index (χ1v) is 12.7. The summed E-state index contributed by atoms with van der Waals surface area (Å²) in [6, 6.07) is 15.6. The number of hydrogen-bond donors (Lipinski definition) is 1. The maximum atomic E-state index is 14.0. The Hall–Kier alpha value is -3.92. The Morgan fingerprint density at radius 1 is 1.11 bits per heavy atom. The molecule has 1 aliphatic heterocycles. The summed E-state index contributed by atoms with van der Waals surface area (Å²) in [5.74, 6) is 1.02. The van der Waals surface area contributed by atoms with Crippen LogP contribution in [-0.4, -0.2) is 40.1 Å². The van der Waals surface area contributed by atoms with Crippen LogP contribution in [0.4, 0.5) is 5.69 Å². The summed E-state index contributed by atoms with van der Waals surface area (Å²) in [5.41, 5.74) is 1.97. The van der Waals surface area contributed by atoms with Gasteiger partial charge in [0, 0.05) is 23.2 Å². The smallest absolute Gasteiger partial charge is 0.249 e. The number of amides is 2. The zero-order chi connectivity index (χ0) is 25.1. The van der Waals surface area contributed by atoms with Crippen LogP contribution in [-0.2, 0) is 16.1 Å². The maximum Gasteiger partial charge on any atom is 0.249 e. The second kappa shape index (κ2) is 10.4. The molecule has 0 saturated heterocycles. The Morgan fingerprint density at radius 3 is 2.75 bits per heavy atom. The predicted molar refractivity (Wildman–Crippen MR) is 137 cm³/mol. The molecule has 0 aliphatic carbocycles. The van der Waals surface area contributed by atoms with Crippen molar-refractivity contribution in [1.29, 1.82) is 0 Å². The quantitative estimate of drug-likeness (QED) is 0.367. The van der Waals surface area contributed by atoms with E-state index in [9.17, 15) is 9.59 Å². The highest BCUT2D eigenvalue weighted by Gasteiger charge is 2.34. The number of anilines is 1. The largest absolute Gasteiger partial charge is 0.454 e. The number of thiophene rings is 1. The molecule has 0 radical (unpaired) electrons. The van der Waals surface area contributed by atoms with Gasteiger partial charge in [-0.05, 0) is 48.1 Å². The average molecular weight is 506 g/mol. The van der Waals surface area contributed by atoms with Crippen LogP contribution in [0.15, 0.2) is 60.0 Å². The number of carbonyl (C=O) groups is 2. The molecular formula is C26H27N5O4S. The SMILES string of the molecule is CC(C)CCNC(=O)[C@@H](c1cccs1)N(C(=O)Cn1nnc2ccccc21)c1ccc2c(c1)OCO2. The molecule has 1 N–H and O–H groups in total. The zero-order valence-electron chi connectivity index (χ0n) is 20.1. The van der Waals surface area contributed by atoms with Crippen molar-refractivity contribution in [2.75, 3.05) is 18.2 Å². The number of ether oxygens (including phenoxy) is 2. The Balaban J connectivity index is 1.53. The van der Waals surface area contributed by atoms with Crippen LogP contribution >= 0.6 is 11.3 Å². The molecule has 2 aromatic heterocycles. The van der Waals surface area contributed by atoms with Crippen molar-refractivity contribution in [2.24, 2.45) is 5.92 Å². The predicted octanol–water partition coefficient (Wildman–Crippen LogP) is 4.16. The van der Waals surface area contributed by atoms with Gasteiger partial charge in [-0.15, -0.1) is 16.4 Å². The second-order valence-electron chi connectivity index (χ2n) is 8.93. The van der Waals surface area contributed by atoms with Crippen molar-refractivity contribution < 1.29 is 19.1 Å². The van der Waals surface area contributed by atoms with Crippen molar-refractivity contribution in [3.63, 3.8) is 0 Å². The number of hydrogen-bond acceptors (Lipinski definition) is 7. The van der Waals surface area contributed by atoms with E-state index < -0.39 is 6.04 Å². The molecule has 10 heteroatoms. The number of fused-ring (bicyclic) bond motifs is 2. The lowest BCUT2D eigenvalue weighted by Gasteiger charge is -2.31. The summed E-state index contributed by atoms with van der Waals surface area (Å²) < 4.78 is 12.6. The van der Waals surface area contributed by atoms with E-state index in [0.717, 1.165) is 16.8 Å². The van der Waals surface area contributed by atoms with Crippen LogP contribution in [0.5, 0.6) is 11.5 Å². The number of aromatic nitrogens is 3. The number of benzene rings is 2. The van der Waals surface area contributed by atoms with E-state index in [-0.39, 0.29) is 25.2 Å². The molecule has 0 unspecified atom stereocenters. The summed E-state index contributed by atoms with van der Waals surface area (Å²) in [6.07, 6.45) is 0.839. The lowest BCUT2D eigenvalue weighted by molar-refractivity contribution is -0.126. The van der Waals surface area contributed by atoms with E-state index in [2.05, 4.69) is 29.5 Å². The standard InChI is InChI=1S/C26H27N5O4S/c1-17(2)11-12-27-26(33)25(23-8-5-13-36-23)31(18-9-10-21-22(14-18)35-16-34-21)24(32)15-30-20-7-4-3-6-19(20)28-29-30/h3-10,13-14,17,25H,11-12,15-16H2,1-2H3,(H,27,33)/t25-/m1/s1. The molecule has 4 aromatic rings. The minimum atomic E-state index is -0.861. The van der Waals surface area contributed by atoms with Crippen molar-refractivity contribution in [2.45, 2.75) is 32.9 Å². The first-order valence-electron chi connectivity index (χ1n) is 11.8. The van der Waals surface area contributed by atoms with Gasteiger partial charge in [-0.2, -0.15) is 0 Å².